The fourth-order valence-corrected chi connectivity index (χ4v) is 4.86. The first-order chi connectivity index (χ1) is 16.0. The molecule has 1 saturated carbocycles. The predicted molar refractivity (Wildman–Crippen MR) is 130 cm³/mol. The van der Waals surface area contributed by atoms with Gasteiger partial charge in [0.05, 0.1) is 30.1 Å². The highest BCUT2D eigenvalue weighted by Crippen LogP contribution is 2.34. The van der Waals surface area contributed by atoms with Crippen molar-refractivity contribution in [1.82, 2.24) is 19.4 Å². The van der Waals surface area contributed by atoms with Gasteiger partial charge < -0.3 is 20.1 Å². The summed E-state index contributed by atoms with van der Waals surface area (Å²) in [5.41, 5.74) is 8.45. The number of aromatic nitrogens is 3. The van der Waals surface area contributed by atoms with Crippen LogP contribution in [0.1, 0.15) is 31.2 Å². The summed E-state index contributed by atoms with van der Waals surface area (Å²) in [5, 5.41) is 12.1. The van der Waals surface area contributed by atoms with Gasteiger partial charge in [-0.2, -0.15) is 0 Å². The molecule has 7 nitrogen and oxygen atoms in total. The van der Waals surface area contributed by atoms with Crippen LogP contribution in [0, 0.1) is 11.8 Å². The summed E-state index contributed by atoms with van der Waals surface area (Å²) in [7, 11) is 0. The van der Waals surface area contributed by atoms with Crippen molar-refractivity contribution in [1.29, 1.82) is 0 Å². The number of benzene rings is 1. The lowest BCUT2D eigenvalue weighted by molar-refractivity contribution is 0.0365. The molecule has 1 aliphatic carbocycles. The van der Waals surface area contributed by atoms with Crippen molar-refractivity contribution in [2.75, 3.05) is 38.6 Å². The molecule has 2 aromatic heterocycles. The number of halogens is 1. The minimum atomic E-state index is -0.869. The third-order valence-electron chi connectivity index (χ3n) is 6.53. The zero-order valence-electron chi connectivity index (χ0n) is 18.6. The number of fused-ring (bicyclic) bond motifs is 1. The van der Waals surface area contributed by atoms with Crippen LogP contribution in [0.25, 0.3) is 22.2 Å². The molecule has 33 heavy (non-hydrogen) atoms. The molecule has 0 unspecified atom stereocenters. The van der Waals surface area contributed by atoms with E-state index in [1.165, 1.54) is 6.20 Å². The molecule has 0 bridgehead atoms. The molecule has 1 aromatic carbocycles. The van der Waals surface area contributed by atoms with Gasteiger partial charge in [-0.3, -0.25) is 4.90 Å². The first-order valence-electron chi connectivity index (χ1n) is 11.5. The maximum absolute atomic E-state index is 10.6. The molecule has 3 N–H and O–H groups in total. The number of hydrogen-bond acceptors (Lipinski definition) is 6. The Balaban J connectivity index is 1.53. The van der Waals surface area contributed by atoms with Crippen LogP contribution in [0.2, 0.25) is 5.02 Å². The molecule has 1 saturated heterocycles. The van der Waals surface area contributed by atoms with Crippen LogP contribution in [0.4, 0.5) is 5.95 Å². The molecule has 0 amide bonds. The van der Waals surface area contributed by atoms with E-state index in [1.807, 2.05) is 6.07 Å². The van der Waals surface area contributed by atoms with Crippen molar-refractivity contribution in [3.05, 3.63) is 41.2 Å². The van der Waals surface area contributed by atoms with Crippen LogP contribution in [0.15, 0.2) is 30.6 Å². The molecule has 0 radical (unpaired) electrons. The summed E-state index contributed by atoms with van der Waals surface area (Å²) >= 11 is 6.47. The molecule has 2 fully saturated rings. The van der Waals surface area contributed by atoms with E-state index in [9.17, 15) is 5.11 Å². The molecule has 0 spiro atoms. The van der Waals surface area contributed by atoms with Gasteiger partial charge in [0.1, 0.15) is 5.60 Å². The van der Waals surface area contributed by atoms with Crippen molar-refractivity contribution in [2.45, 2.75) is 37.8 Å². The Morgan fingerprint density at radius 3 is 2.76 bits per heavy atom. The average molecular weight is 466 g/mol. The second-order valence-electron chi connectivity index (χ2n) is 8.84. The lowest BCUT2D eigenvalue weighted by atomic mass is 10.0. The molecule has 1 aliphatic heterocycles. The normalized spacial score (nSPS) is 18.4. The first-order valence-corrected chi connectivity index (χ1v) is 11.9. The van der Waals surface area contributed by atoms with Crippen molar-refractivity contribution in [2.24, 2.45) is 0 Å². The Kier molecular flexibility index (Phi) is 6.26. The lowest BCUT2D eigenvalue weighted by Gasteiger charge is -2.26. The Morgan fingerprint density at radius 1 is 1.18 bits per heavy atom. The fourth-order valence-electron chi connectivity index (χ4n) is 4.67. The Labute approximate surface area is 198 Å². The van der Waals surface area contributed by atoms with Crippen molar-refractivity contribution in [3.8, 4) is 23.1 Å². The van der Waals surface area contributed by atoms with Gasteiger partial charge in [0.25, 0.3) is 0 Å². The molecular formula is C25H28ClN5O2. The Hall–Kier alpha value is -2.63. The highest BCUT2D eigenvalue weighted by Gasteiger charge is 2.28. The molecule has 5 rings (SSSR count). The Morgan fingerprint density at radius 2 is 1.97 bits per heavy atom. The van der Waals surface area contributed by atoms with Crippen molar-refractivity contribution >= 4 is 28.5 Å². The van der Waals surface area contributed by atoms with E-state index in [0.717, 1.165) is 87.1 Å². The first kappa shape index (κ1) is 22.2. The predicted octanol–water partition coefficient (Wildman–Crippen LogP) is 3.32. The highest BCUT2D eigenvalue weighted by atomic mass is 35.5. The number of aliphatic hydroxyl groups is 1. The number of nitrogens with two attached hydrogens (primary N) is 1. The van der Waals surface area contributed by atoms with Crippen molar-refractivity contribution < 1.29 is 9.84 Å². The third-order valence-corrected chi connectivity index (χ3v) is 6.81. The zero-order valence-corrected chi connectivity index (χ0v) is 19.3. The number of nitrogen functional groups attached to an aromatic ring is 1. The number of hydrogen-bond donors (Lipinski definition) is 2. The van der Waals surface area contributed by atoms with Gasteiger partial charge in [-0.25, -0.2) is 9.97 Å². The van der Waals surface area contributed by atoms with E-state index in [2.05, 4.69) is 49.6 Å². The van der Waals surface area contributed by atoms with Gasteiger partial charge in [0.15, 0.2) is 0 Å². The van der Waals surface area contributed by atoms with Gasteiger partial charge >= 0.3 is 0 Å². The number of anilines is 1. The number of nitrogens with zero attached hydrogens (tertiary/aromatic N) is 4. The second-order valence-corrected chi connectivity index (χ2v) is 9.24. The quantitative estimate of drug-likeness (QED) is 0.574. The molecule has 172 valence electrons. The second kappa shape index (κ2) is 9.32. The molecule has 2 aliphatic rings. The van der Waals surface area contributed by atoms with Gasteiger partial charge in [0.2, 0.25) is 5.95 Å². The lowest BCUT2D eigenvalue weighted by Crippen LogP contribution is -2.38. The molecule has 0 atom stereocenters. The summed E-state index contributed by atoms with van der Waals surface area (Å²) < 4.78 is 7.70. The maximum Gasteiger partial charge on any atom is 0.220 e. The summed E-state index contributed by atoms with van der Waals surface area (Å²) in [4.78, 5) is 10.8. The number of ether oxygens (including phenoxy) is 1. The van der Waals surface area contributed by atoms with E-state index >= 15 is 0 Å². The minimum absolute atomic E-state index is 0.183. The van der Waals surface area contributed by atoms with E-state index in [1.54, 1.807) is 0 Å². The standard InChI is InChI=1S/C25H28ClN5O2/c26-21-16-28-24(27)29-23(21)20-17-31(10-9-30-11-13-33-14-12-30)22-4-3-18(15-19(20)22)5-8-25(32)6-1-2-7-25/h3-4,15-17,32H,1-2,6-7,9-14H2,(H2,27,28,29). The van der Waals surface area contributed by atoms with Gasteiger partial charge in [0, 0.05) is 54.4 Å². The minimum Gasteiger partial charge on any atom is -0.379 e. The summed E-state index contributed by atoms with van der Waals surface area (Å²) in [6.45, 7) is 5.22. The molecule has 3 heterocycles. The van der Waals surface area contributed by atoms with Gasteiger partial charge in [-0.05, 0) is 43.9 Å². The maximum atomic E-state index is 10.6. The van der Waals surface area contributed by atoms with Crippen LogP contribution in [-0.2, 0) is 11.3 Å². The van der Waals surface area contributed by atoms with Crippen molar-refractivity contribution in [3.63, 3.8) is 0 Å². The summed E-state index contributed by atoms with van der Waals surface area (Å²) in [6.07, 6.45) is 7.14. The van der Waals surface area contributed by atoms with Crippen LogP contribution >= 0.6 is 11.6 Å². The van der Waals surface area contributed by atoms with E-state index in [4.69, 9.17) is 22.1 Å². The number of morpholine rings is 1. The van der Waals surface area contributed by atoms with E-state index in [-0.39, 0.29) is 5.95 Å². The van der Waals surface area contributed by atoms with Crippen LogP contribution in [-0.4, -0.2) is 63.0 Å². The van der Waals surface area contributed by atoms with Crippen LogP contribution in [0.5, 0.6) is 0 Å². The molecule has 3 aromatic rings. The van der Waals surface area contributed by atoms with Gasteiger partial charge in [-0.15, -0.1) is 0 Å². The average Bonchev–Trinajstić information content (AvgIpc) is 3.42. The third kappa shape index (κ3) is 4.85. The monoisotopic (exact) mass is 465 g/mol. The number of rotatable bonds is 4. The van der Waals surface area contributed by atoms with Crippen LogP contribution in [0.3, 0.4) is 0 Å². The highest BCUT2D eigenvalue weighted by molar-refractivity contribution is 6.33. The molecule has 8 heteroatoms. The van der Waals surface area contributed by atoms with E-state index < -0.39 is 5.60 Å². The van der Waals surface area contributed by atoms with E-state index in [0.29, 0.717) is 10.7 Å². The van der Waals surface area contributed by atoms with Crippen LogP contribution < -0.4 is 5.73 Å². The summed E-state index contributed by atoms with van der Waals surface area (Å²) in [6, 6.07) is 6.15. The van der Waals surface area contributed by atoms with Gasteiger partial charge in [-0.1, -0.05) is 23.4 Å². The molecular weight excluding hydrogens is 438 g/mol. The fraction of sp³-hybridized carbons (Fsp3) is 0.440. The largest absolute Gasteiger partial charge is 0.379 e. The smallest absolute Gasteiger partial charge is 0.220 e. The summed E-state index contributed by atoms with van der Waals surface area (Å²) in [5.74, 6) is 6.48. The Bertz CT molecular complexity index is 1220. The zero-order chi connectivity index (χ0) is 22.8. The SMILES string of the molecule is Nc1ncc(Cl)c(-c2cn(CCN3CCOCC3)c3ccc(C#CC4(O)CCCC4)cc23)n1. The topological polar surface area (TPSA) is 89.4 Å².